The molecule has 103 heavy (non-hydrogen) atoms. The van der Waals surface area contributed by atoms with E-state index in [1.54, 1.807) is 27.7 Å². The van der Waals surface area contributed by atoms with Crippen LogP contribution in [0.15, 0.2) is 35.3 Å². The molecule has 0 radical (unpaired) electrons. The monoisotopic (exact) mass is 1540 g/mol. The van der Waals surface area contributed by atoms with Crippen molar-refractivity contribution in [1.82, 2.24) is 15.1 Å². The van der Waals surface area contributed by atoms with Crippen molar-refractivity contribution in [2.75, 3.05) is 106 Å². The fourth-order valence-electron chi connectivity index (χ4n) is 13.6. The van der Waals surface area contributed by atoms with Crippen molar-refractivity contribution in [3.05, 3.63) is 30.3 Å². The number of aliphatic imine (C=N–C) groups is 1. The van der Waals surface area contributed by atoms with Crippen molar-refractivity contribution in [2.45, 2.75) is 277 Å². The van der Waals surface area contributed by atoms with E-state index in [1.807, 2.05) is 70.0 Å². The van der Waals surface area contributed by atoms with Crippen LogP contribution in [0.25, 0.3) is 0 Å². The highest BCUT2D eigenvalue weighted by Gasteiger charge is 2.53. The van der Waals surface area contributed by atoms with Crippen LogP contribution in [0.2, 0.25) is 57.4 Å². The lowest BCUT2D eigenvalue weighted by molar-refractivity contribution is -0.157. The number of aliphatic hydroxyl groups excluding tert-OH is 3. The lowest BCUT2D eigenvalue weighted by Crippen LogP contribution is -2.67. The Hall–Kier alpha value is -2.92. The average Bonchev–Trinajstić information content (AvgIpc) is 0.809. The number of carbonyl (C=O) groups is 4. The summed E-state index contributed by atoms with van der Waals surface area (Å²) in [6, 6.07) is 11.1. The van der Waals surface area contributed by atoms with Gasteiger partial charge in [-0.25, -0.2) is 0 Å². The highest BCUT2D eigenvalue weighted by molar-refractivity contribution is 6.94. The number of ketones is 1. The van der Waals surface area contributed by atoms with Crippen LogP contribution in [-0.4, -0.2) is 265 Å². The third kappa shape index (κ3) is 40.4. The maximum absolute atomic E-state index is 14.1. The third-order valence-electron chi connectivity index (χ3n) is 18.6. The molecule has 2 saturated carbocycles. The summed E-state index contributed by atoms with van der Waals surface area (Å²) in [5.41, 5.74) is 6.98. The normalized spacial score (nSPS) is 20.0. The van der Waals surface area contributed by atoms with Gasteiger partial charge in [0.1, 0.15) is 6.04 Å². The molecule has 0 saturated heterocycles. The van der Waals surface area contributed by atoms with Crippen molar-refractivity contribution < 1.29 is 88.9 Å². The number of rotatable bonds is 59. The van der Waals surface area contributed by atoms with Crippen LogP contribution in [-0.2, 0) is 73.5 Å². The van der Waals surface area contributed by atoms with Crippen molar-refractivity contribution >= 4 is 84.1 Å². The highest BCUT2D eigenvalue weighted by atomic mass is 28.5. The minimum absolute atomic E-state index is 0.00615. The summed E-state index contributed by atoms with van der Waals surface area (Å²) in [6.45, 7) is 32.2. The smallest absolute Gasteiger partial charge is 0.466 e. The van der Waals surface area contributed by atoms with Gasteiger partial charge in [-0.1, -0.05) is 37.3 Å². The van der Waals surface area contributed by atoms with Crippen LogP contribution in [0, 0.1) is 17.2 Å². The van der Waals surface area contributed by atoms with Crippen molar-refractivity contribution in [1.29, 1.82) is 5.41 Å². The van der Waals surface area contributed by atoms with E-state index in [4.69, 9.17) is 65.5 Å². The molecule has 2 fully saturated rings. The van der Waals surface area contributed by atoms with E-state index in [2.05, 4.69) is 54.5 Å². The maximum Gasteiger partial charge on any atom is 0.506 e. The van der Waals surface area contributed by atoms with E-state index in [0.717, 1.165) is 93.2 Å². The van der Waals surface area contributed by atoms with Crippen LogP contribution in [0.5, 0.6) is 0 Å². The Bertz CT molecular complexity index is 2540. The first-order chi connectivity index (χ1) is 48.9. The zero-order valence-electron chi connectivity index (χ0n) is 66.0. The number of benzene rings is 1. The molecule has 0 bridgehead atoms. The summed E-state index contributed by atoms with van der Waals surface area (Å²) in [6.07, 6.45) is 9.38. The molecule has 7 N–H and O–H groups in total. The molecule has 25 nitrogen and oxygen atoms in total. The summed E-state index contributed by atoms with van der Waals surface area (Å²) in [7, 11) is -11.3. The van der Waals surface area contributed by atoms with E-state index in [9.17, 15) is 34.5 Å². The fraction of sp³-hybridized carbons (Fsp3) is 0.836. The average molecular weight is 1550 g/mol. The second-order valence-corrected chi connectivity index (χ2v) is 47.4. The molecule has 8 atom stereocenters. The van der Waals surface area contributed by atoms with Crippen LogP contribution in [0.4, 0.5) is 0 Å². The number of carbonyl (C=O) groups excluding carboxylic acids is 4. The number of aliphatic hydroxyl groups is 3. The summed E-state index contributed by atoms with van der Waals surface area (Å²) in [5.74, 6) is -0.140. The SMILES string of the molecule is CCCC(=O)C(CC(=O)OCC)N(CCC(O)OCCC[Si](C)(C)O[Si](C)(C)O[Si](O[SiH2]CCCOCC(O)CNC(C)COCC(C)N)(O[Si](C)(C)CCCOCC(O)CN=C(C)COCC(C)=N)c1ccccc1)C1CCC(CC2CCC(N(C)C(CC(=O)OCC)C(=O)OCC)CC2)CC1. The molecule has 1 aromatic rings. The topological polar surface area (TPSA) is 320 Å². The number of Topliss-reactive ketones (excluding diaryl/α,β-unsaturated/α-hetero) is 1. The Morgan fingerprint density at radius 2 is 1.26 bits per heavy atom. The Morgan fingerprint density at radius 1 is 0.689 bits per heavy atom. The molecule has 596 valence electrons. The quantitative estimate of drug-likeness (QED) is 0.00891. The zero-order chi connectivity index (χ0) is 76.4. The Morgan fingerprint density at radius 3 is 1.85 bits per heavy atom. The number of nitrogens with zero attached hydrogens (tertiary/aromatic N) is 3. The van der Waals surface area contributed by atoms with Gasteiger partial charge in [0.15, 0.2) is 38.5 Å². The van der Waals surface area contributed by atoms with Crippen LogP contribution < -0.4 is 16.2 Å². The molecule has 2 aliphatic rings. The third-order valence-corrected chi connectivity index (χ3v) is 36.4. The molecule has 30 heteroatoms. The minimum atomic E-state index is -3.71. The van der Waals surface area contributed by atoms with Crippen LogP contribution >= 0.6 is 0 Å². The van der Waals surface area contributed by atoms with Crippen molar-refractivity contribution in [3.8, 4) is 0 Å². The molecular formula is C73H140N6O19Si5. The van der Waals surface area contributed by atoms with E-state index in [1.165, 1.54) is 0 Å². The van der Waals surface area contributed by atoms with Gasteiger partial charge in [-0.15, -0.1) is 0 Å². The van der Waals surface area contributed by atoms with E-state index in [-0.39, 0.29) is 102 Å². The fourth-order valence-corrected chi connectivity index (χ4v) is 34.2. The molecule has 0 aliphatic heterocycles. The molecule has 2 aliphatic carbocycles. The Labute approximate surface area is 625 Å². The first-order valence-corrected chi connectivity index (χ1v) is 51.0. The van der Waals surface area contributed by atoms with E-state index >= 15 is 0 Å². The van der Waals surface area contributed by atoms with Gasteiger partial charge in [0.2, 0.25) is 0 Å². The summed E-state index contributed by atoms with van der Waals surface area (Å²) >= 11 is 0. The number of nitrogens with one attached hydrogen (secondary N) is 2. The van der Waals surface area contributed by atoms with Gasteiger partial charge in [-0.2, -0.15) is 0 Å². The number of nitrogens with two attached hydrogens (primary N) is 1. The Kier molecular flexibility index (Phi) is 47.1. The van der Waals surface area contributed by atoms with Gasteiger partial charge in [0.05, 0.1) is 97.1 Å². The lowest BCUT2D eigenvalue weighted by Gasteiger charge is -2.43. The van der Waals surface area contributed by atoms with Crippen molar-refractivity contribution in [3.63, 3.8) is 0 Å². The minimum Gasteiger partial charge on any atom is -0.466 e. The summed E-state index contributed by atoms with van der Waals surface area (Å²) in [4.78, 5) is 61.5. The lowest BCUT2D eigenvalue weighted by atomic mass is 9.75. The molecule has 3 rings (SSSR count). The molecule has 8 unspecified atom stereocenters. The number of hydrogen-bond acceptors (Lipinski definition) is 25. The molecule has 1 aromatic carbocycles. The Balaban J connectivity index is 1.71. The second-order valence-electron chi connectivity index (χ2n) is 30.2. The predicted molar refractivity (Wildman–Crippen MR) is 417 cm³/mol. The molecule has 0 aromatic heterocycles. The molecule has 0 spiro atoms. The van der Waals surface area contributed by atoms with Gasteiger partial charge in [-0.05, 0) is 208 Å². The second kappa shape index (κ2) is 51.5. The van der Waals surface area contributed by atoms with E-state index < -0.39 is 92.3 Å². The molecule has 0 amide bonds. The first kappa shape index (κ1) is 94.3. The van der Waals surface area contributed by atoms with Gasteiger partial charge >= 0.3 is 35.3 Å². The number of hydrogen-bond donors (Lipinski definition) is 6. The number of likely N-dealkylation sites (N-methyl/N-ethyl adjacent to an activating group) is 1. The summed E-state index contributed by atoms with van der Waals surface area (Å²) < 4.78 is 74.6. The zero-order valence-corrected chi connectivity index (χ0v) is 71.4. The van der Waals surface area contributed by atoms with Gasteiger partial charge in [0.25, 0.3) is 0 Å². The largest absolute Gasteiger partial charge is 0.506 e. The summed E-state index contributed by atoms with van der Waals surface area (Å²) in [5, 5.41) is 44.7. The number of esters is 3. The van der Waals surface area contributed by atoms with Gasteiger partial charge in [-0.3, -0.25) is 34.0 Å². The molecule has 0 heterocycles. The van der Waals surface area contributed by atoms with Crippen LogP contribution in [0.1, 0.15) is 165 Å². The highest BCUT2D eigenvalue weighted by Crippen LogP contribution is 2.39. The standard InChI is InChI=1S/C73H140N6O19Si5/c1-16-26-69(82)67(46-71(84)91-17-2)79(63-35-31-61(32-36-63)45-60-29-33-62(34-30-60)78(9)68(73(86)93-19-4)47-72(85)92-18-3)38-37-70(83)94-41-25-44-100(10,11)96-102(14,15)98-103(66-27-21-20-22-28-66,95-99-42-23-39-87-54-64(80)48-76-58(7)52-89-50-56(5)74)97-101(12,13)43-24-40-88-55-65(81)49-77-59(8)53-90-51-57(6)75/h20-22,27-28,56,58,60-65,67-68,70,75-76,80-81,83H,16-19,23-26,29-55,74,99H2,1-15H3. The van der Waals surface area contributed by atoms with E-state index in [0.29, 0.717) is 89.4 Å². The van der Waals surface area contributed by atoms with Gasteiger partial charge < -0.3 is 86.1 Å². The predicted octanol–water partition coefficient (Wildman–Crippen LogP) is 8.34. The number of ether oxygens (including phenoxy) is 8. The van der Waals surface area contributed by atoms with Gasteiger partial charge in [0, 0.05) is 86.5 Å². The molecular weight excluding hydrogens is 1410 g/mol. The first-order valence-electron chi connectivity index (χ1n) is 38.6. The van der Waals surface area contributed by atoms with Crippen LogP contribution in [0.3, 0.4) is 0 Å². The maximum atomic E-state index is 14.1. The van der Waals surface area contributed by atoms with Crippen molar-refractivity contribution in [2.24, 2.45) is 22.6 Å².